The lowest BCUT2D eigenvalue weighted by Gasteiger charge is -2.39. The molecule has 1 saturated carbocycles. The molecular weight excluding hydrogens is 795 g/mol. The minimum atomic E-state index is -4.56. The summed E-state index contributed by atoms with van der Waals surface area (Å²) >= 11 is 0. The number of nitro benzene ring substituents is 1. The lowest BCUT2D eigenvalue weighted by atomic mass is 9.73. The van der Waals surface area contributed by atoms with Gasteiger partial charge in [0.15, 0.2) is 0 Å². The van der Waals surface area contributed by atoms with Gasteiger partial charge in [-0.1, -0.05) is 30.6 Å². The fraction of sp³-hybridized carbons (Fsp3) is 0.478. The van der Waals surface area contributed by atoms with Gasteiger partial charge in [0.1, 0.15) is 22.8 Å². The number of H-pyrrole nitrogens is 1. The summed E-state index contributed by atoms with van der Waals surface area (Å²) in [4.78, 5) is 37.2. The van der Waals surface area contributed by atoms with Crippen molar-refractivity contribution in [3.05, 3.63) is 99.9 Å². The highest BCUT2D eigenvalue weighted by Crippen LogP contribution is 2.41. The highest BCUT2D eigenvalue weighted by molar-refractivity contribution is 7.90. The van der Waals surface area contributed by atoms with Crippen molar-refractivity contribution in [2.24, 2.45) is 11.3 Å². The van der Waals surface area contributed by atoms with Crippen LogP contribution >= 0.6 is 0 Å². The molecule has 0 radical (unpaired) electrons. The van der Waals surface area contributed by atoms with E-state index in [1.165, 1.54) is 30.3 Å². The first-order valence-electron chi connectivity index (χ1n) is 21.3. The van der Waals surface area contributed by atoms with Crippen molar-refractivity contribution >= 4 is 44.0 Å². The van der Waals surface area contributed by atoms with Crippen molar-refractivity contribution < 1.29 is 28.0 Å². The Morgan fingerprint density at radius 1 is 1.05 bits per heavy atom. The van der Waals surface area contributed by atoms with E-state index in [4.69, 9.17) is 4.74 Å². The van der Waals surface area contributed by atoms with Gasteiger partial charge in [-0.15, -0.1) is 6.58 Å². The number of nitrogens with zero attached hydrogens (tertiary/aromatic N) is 4. The van der Waals surface area contributed by atoms with Crippen LogP contribution < -0.4 is 19.7 Å². The topological polar surface area (TPSA) is 183 Å². The fourth-order valence-corrected chi connectivity index (χ4v) is 9.75. The van der Waals surface area contributed by atoms with E-state index in [-0.39, 0.29) is 22.9 Å². The molecule has 2 aliphatic carbocycles. The number of rotatable bonds is 15. The first-order chi connectivity index (χ1) is 28.9. The van der Waals surface area contributed by atoms with Crippen LogP contribution in [0.1, 0.15) is 95.8 Å². The molecule has 1 saturated heterocycles. The van der Waals surface area contributed by atoms with Gasteiger partial charge in [-0.05, 0) is 119 Å². The van der Waals surface area contributed by atoms with Crippen molar-refractivity contribution in [3.63, 3.8) is 0 Å². The van der Waals surface area contributed by atoms with E-state index < -0.39 is 37.0 Å². The SMILES string of the molecule is C=C(C)CCC1=C(CN2CCN(c3ccc(C(=O)NS(=O)(=O)c4ccc(NC[C@H]5CC[C@](C)(O)CC5)c([N+](=O)[O-])c4)c(Oc4cnc5[nH]ccc5c4)c3)CC2)CCC(C)(C)C1. The number of carbonyl (C=O) groups excluding carboxylic acids is 1. The summed E-state index contributed by atoms with van der Waals surface area (Å²) in [5, 5.41) is 26.3. The van der Waals surface area contributed by atoms with Gasteiger partial charge in [0.2, 0.25) is 0 Å². The van der Waals surface area contributed by atoms with Crippen LogP contribution in [-0.2, 0) is 10.0 Å². The Bertz CT molecular complexity index is 2420. The van der Waals surface area contributed by atoms with Gasteiger partial charge in [0.05, 0.1) is 27.2 Å². The highest BCUT2D eigenvalue weighted by atomic mass is 32.2. The van der Waals surface area contributed by atoms with Gasteiger partial charge < -0.3 is 25.0 Å². The number of hydrogen-bond donors (Lipinski definition) is 4. The molecule has 326 valence electrons. The zero-order valence-corrected chi connectivity index (χ0v) is 36.6. The number of pyridine rings is 1. The maximum Gasteiger partial charge on any atom is 0.293 e. The quantitative estimate of drug-likeness (QED) is 0.0510. The summed E-state index contributed by atoms with van der Waals surface area (Å²) in [5.74, 6) is -0.254. The number of piperazine rings is 1. The predicted octanol–water partition coefficient (Wildman–Crippen LogP) is 8.72. The van der Waals surface area contributed by atoms with Crippen molar-refractivity contribution in [2.45, 2.75) is 96.0 Å². The number of aromatic amines is 1. The van der Waals surface area contributed by atoms with E-state index in [0.29, 0.717) is 36.2 Å². The Morgan fingerprint density at radius 2 is 1.80 bits per heavy atom. The zero-order chi connectivity index (χ0) is 43.5. The first-order valence-corrected chi connectivity index (χ1v) is 22.8. The number of aromatic nitrogens is 2. The number of carbonyl (C=O) groups is 1. The van der Waals surface area contributed by atoms with Gasteiger partial charge in [-0.25, -0.2) is 18.1 Å². The number of hydrogen-bond acceptors (Lipinski definition) is 11. The molecule has 2 aromatic carbocycles. The summed E-state index contributed by atoms with van der Waals surface area (Å²) in [5.41, 5.74) is 5.17. The number of ether oxygens (including phenoxy) is 1. The molecule has 0 spiro atoms. The summed E-state index contributed by atoms with van der Waals surface area (Å²) in [6, 6.07) is 12.3. The van der Waals surface area contributed by atoms with Crippen LogP contribution in [0.25, 0.3) is 11.0 Å². The number of amides is 1. The van der Waals surface area contributed by atoms with E-state index in [1.54, 1.807) is 41.6 Å². The second kappa shape index (κ2) is 18.0. The van der Waals surface area contributed by atoms with Crippen LogP contribution in [0, 0.1) is 21.4 Å². The Balaban J connectivity index is 1.07. The number of nitrogens with one attached hydrogen (secondary N) is 3. The summed E-state index contributed by atoms with van der Waals surface area (Å²) < 4.78 is 35.8. The molecule has 14 nitrogen and oxygen atoms in total. The molecular formula is C46H59N7O7S. The van der Waals surface area contributed by atoms with E-state index in [0.717, 1.165) is 88.4 Å². The second-order valence-electron chi connectivity index (χ2n) is 18.3. The van der Waals surface area contributed by atoms with Crippen LogP contribution in [0.15, 0.2) is 89.1 Å². The Labute approximate surface area is 358 Å². The molecule has 3 heterocycles. The van der Waals surface area contributed by atoms with Crippen LogP contribution in [0.2, 0.25) is 0 Å². The summed E-state index contributed by atoms with van der Waals surface area (Å²) in [6.45, 7) is 17.4. The van der Waals surface area contributed by atoms with Crippen molar-refractivity contribution in [3.8, 4) is 11.5 Å². The van der Waals surface area contributed by atoms with Crippen molar-refractivity contribution in [1.82, 2.24) is 19.6 Å². The normalized spacial score (nSPS) is 21.0. The molecule has 0 atom stereocenters. The number of fused-ring (bicyclic) bond motifs is 1. The van der Waals surface area contributed by atoms with Gasteiger partial charge >= 0.3 is 0 Å². The van der Waals surface area contributed by atoms with Gasteiger partial charge in [-0.2, -0.15) is 0 Å². The van der Waals surface area contributed by atoms with Crippen LogP contribution in [0.5, 0.6) is 11.5 Å². The van der Waals surface area contributed by atoms with Gasteiger partial charge in [0.25, 0.3) is 21.6 Å². The Hall–Kier alpha value is -5.25. The van der Waals surface area contributed by atoms with E-state index >= 15 is 0 Å². The summed E-state index contributed by atoms with van der Waals surface area (Å²) in [7, 11) is -4.56. The minimum Gasteiger partial charge on any atom is -0.455 e. The number of nitro groups is 1. The molecule has 61 heavy (non-hydrogen) atoms. The first kappa shape index (κ1) is 43.8. The predicted molar refractivity (Wildman–Crippen MR) is 239 cm³/mol. The smallest absolute Gasteiger partial charge is 0.293 e. The molecule has 1 aliphatic heterocycles. The number of benzene rings is 2. The fourth-order valence-electron chi connectivity index (χ4n) is 8.77. The minimum absolute atomic E-state index is 0.0335. The molecule has 2 fully saturated rings. The third-order valence-electron chi connectivity index (χ3n) is 12.6. The van der Waals surface area contributed by atoms with E-state index in [2.05, 4.69) is 57.2 Å². The number of allylic oxidation sites excluding steroid dienone is 2. The molecule has 7 rings (SSSR count). The van der Waals surface area contributed by atoms with E-state index in [9.17, 15) is 28.4 Å². The monoisotopic (exact) mass is 853 g/mol. The van der Waals surface area contributed by atoms with Crippen molar-refractivity contribution in [1.29, 1.82) is 0 Å². The molecule has 4 aromatic rings. The molecule has 0 bridgehead atoms. The molecule has 4 N–H and O–H groups in total. The largest absolute Gasteiger partial charge is 0.455 e. The Kier molecular flexibility index (Phi) is 12.9. The van der Waals surface area contributed by atoms with Crippen LogP contribution in [-0.4, -0.2) is 84.1 Å². The third-order valence-corrected chi connectivity index (χ3v) is 13.9. The zero-order valence-electron chi connectivity index (χ0n) is 35.8. The maximum atomic E-state index is 13.9. The Morgan fingerprint density at radius 3 is 2.52 bits per heavy atom. The summed E-state index contributed by atoms with van der Waals surface area (Å²) in [6.07, 6.45) is 11.6. The lowest BCUT2D eigenvalue weighted by Crippen LogP contribution is -2.47. The molecule has 1 amide bonds. The van der Waals surface area contributed by atoms with Gasteiger partial charge in [0, 0.05) is 68.7 Å². The number of anilines is 2. The molecule has 15 heteroatoms. The maximum absolute atomic E-state index is 13.9. The number of aliphatic hydroxyl groups is 1. The highest BCUT2D eigenvalue weighted by Gasteiger charge is 2.31. The second-order valence-corrected chi connectivity index (χ2v) is 20.0. The third kappa shape index (κ3) is 11.0. The van der Waals surface area contributed by atoms with E-state index in [1.807, 2.05) is 13.0 Å². The average molecular weight is 854 g/mol. The van der Waals surface area contributed by atoms with Crippen LogP contribution in [0.4, 0.5) is 17.1 Å². The van der Waals surface area contributed by atoms with Gasteiger partial charge in [-0.3, -0.25) is 19.8 Å². The standard InChI is InChI=1S/C46H59N7O7S/c1-31(2)6-7-34-27-45(3,4)16-14-35(34)30-51-20-22-52(23-21-51)36-8-10-39(42(25-36)60-37-24-33-15-19-47-43(33)49-29-37)44(54)50-61(58,59)38-9-11-40(41(26-38)53(56)57)48-28-32-12-17-46(5,55)18-13-32/h8-11,15,19,24-26,29,32,48,55H,1,6-7,12-14,16-18,20-23,27-28,30H2,2-5H3,(H,47,49)(H,50,54)/t32-,46-. The molecule has 0 unspecified atom stereocenters. The molecule has 3 aliphatic rings. The van der Waals surface area contributed by atoms with Crippen molar-refractivity contribution in [2.75, 3.05) is 49.5 Å². The average Bonchev–Trinajstić information content (AvgIpc) is 3.68. The molecule has 2 aromatic heterocycles. The lowest BCUT2D eigenvalue weighted by molar-refractivity contribution is -0.384. The van der Waals surface area contributed by atoms with Crippen LogP contribution in [0.3, 0.4) is 0 Å². The number of sulfonamides is 1.